The van der Waals surface area contributed by atoms with Crippen molar-refractivity contribution >= 4 is 5.69 Å². The minimum atomic E-state index is 0.120. The van der Waals surface area contributed by atoms with Crippen LogP contribution in [0.15, 0.2) is 36.9 Å². The largest absolute Gasteiger partial charge is 0.368 e. The fraction of sp³-hybridized carbons (Fsp3) is 0.429. The van der Waals surface area contributed by atoms with E-state index in [0.717, 1.165) is 19.5 Å². The van der Waals surface area contributed by atoms with Crippen molar-refractivity contribution in [2.45, 2.75) is 26.3 Å². The smallest absolute Gasteiger partial charge is 0.0417 e. The Morgan fingerprint density at radius 1 is 1.38 bits per heavy atom. The van der Waals surface area contributed by atoms with E-state index in [9.17, 15) is 0 Å². The second kappa shape index (κ2) is 6.33. The predicted octanol–water partition coefficient (Wildman–Crippen LogP) is 3.11. The quantitative estimate of drug-likeness (QED) is 0.743. The van der Waals surface area contributed by atoms with Crippen molar-refractivity contribution in [3.8, 4) is 0 Å². The van der Waals surface area contributed by atoms with Crippen molar-refractivity contribution in [1.82, 2.24) is 0 Å². The molecular formula is C14H22N2. The molecule has 0 spiro atoms. The van der Waals surface area contributed by atoms with Crippen LogP contribution in [0.25, 0.3) is 0 Å². The normalized spacial score (nSPS) is 12.2. The lowest BCUT2D eigenvalue weighted by atomic mass is 10.0. The highest BCUT2D eigenvalue weighted by atomic mass is 15.1. The van der Waals surface area contributed by atoms with E-state index in [1.165, 1.54) is 11.3 Å². The van der Waals surface area contributed by atoms with Gasteiger partial charge in [-0.1, -0.05) is 31.2 Å². The number of likely N-dealkylation sites (N-methyl/N-ethyl adjacent to an activating group) is 1. The molecule has 16 heavy (non-hydrogen) atoms. The van der Waals surface area contributed by atoms with Crippen LogP contribution in [-0.4, -0.2) is 13.1 Å². The maximum absolute atomic E-state index is 6.13. The first kappa shape index (κ1) is 12.8. The third-order valence-electron chi connectivity index (χ3n) is 2.85. The molecule has 0 aliphatic carbocycles. The molecule has 1 aromatic carbocycles. The number of rotatable bonds is 6. The molecule has 0 heterocycles. The first-order chi connectivity index (χ1) is 7.74. The molecule has 0 aromatic heterocycles. The highest BCUT2D eigenvalue weighted by molar-refractivity contribution is 5.55. The van der Waals surface area contributed by atoms with Gasteiger partial charge in [0.2, 0.25) is 0 Å². The summed E-state index contributed by atoms with van der Waals surface area (Å²) in [5, 5.41) is 0. The number of anilines is 1. The Bertz CT molecular complexity index is 333. The third-order valence-corrected chi connectivity index (χ3v) is 2.85. The fourth-order valence-corrected chi connectivity index (χ4v) is 1.86. The molecule has 2 heteroatoms. The van der Waals surface area contributed by atoms with Gasteiger partial charge in [0.25, 0.3) is 0 Å². The van der Waals surface area contributed by atoms with Gasteiger partial charge in [0.15, 0.2) is 0 Å². The van der Waals surface area contributed by atoms with Crippen LogP contribution in [0.5, 0.6) is 0 Å². The van der Waals surface area contributed by atoms with E-state index >= 15 is 0 Å². The second-order valence-electron chi connectivity index (χ2n) is 3.90. The van der Waals surface area contributed by atoms with Gasteiger partial charge in [-0.15, -0.1) is 6.58 Å². The van der Waals surface area contributed by atoms with Crippen molar-refractivity contribution in [1.29, 1.82) is 0 Å². The molecule has 1 atom stereocenters. The molecule has 88 valence electrons. The maximum atomic E-state index is 6.13. The van der Waals surface area contributed by atoms with Crippen LogP contribution in [0.2, 0.25) is 0 Å². The van der Waals surface area contributed by atoms with E-state index in [4.69, 9.17) is 5.73 Å². The highest BCUT2D eigenvalue weighted by Crippen LogP contribution is 2.26. The van der Waals surface area contributed by atoms with Crippen molar-refractivity contribution in [3.05, 3.63) is 42.5 Å². The van der Waals surface area contributed by atoms with Gasteiger partial charge >= 0.3 is 0 Å². The van der Waals surface area contributed by atoms with Gasteiger partial charge in [0.1, 0.15) is 0 Å². The second-order valence-corrected chi connectivity index (χ2v) is 3.90. The van der Waals surface area contributed by atoms with Crippen molar-refractivity contribution < 1.29 is 0 Å². The molecule has 0 saturated heterocycles. The molecule has 2 N–H and O–H groups in total. The van der Waals surface area contributed by atoms with Crippen LogP contribution in [0, 0.1) is 0 Å². The number of benzene rings is 1. The molecule has 0 amide bonds. The molecule has 2 nitrogen and oxygen atoms in total. The van der Waals surface area contributed by atoms with Gasteiger partial charge in [-0.05, 0) is 25.0 Å². The van der Waals surface area contributed by atoms with Crippen LogP contribution in [0.4, 0.5) is 5.69 Å². The van der Waals surface area contributed by atoms with E-state index in [0.29, 0.717) is 0 Å². The molecule has 0 saturated carbocycles. The zero-order valence-electron chi connectivity index (χ0n) is 10.3. The van der Waals surface area contributed by atoms with Crippen molar-refractivity contribution in [3.63, 3.8) is 0 Å². The molecule has 0 radical (unpaired) electrons. The molecule has 1 rings (SSSR count). The van der Waals surface area contributed by atoms with Crippen LogP contribution in [0.3, 0.4) is 0 Å². The Morgan fingerprint density at radius 2 is 2.06 bits per heavy atom. The standard InChI is InChI=1S/C14H22N2/c1-4-11-16(6-3)14-10-8-7-9-12(14)13(15)5-2/h4,7-10,13H,1,5-6,11,15H2,2-3H3/t13-/m1/s1. The summed E-state index contributed by atoms with van der Waals surface area (Å²) in [4.78, 5) is 2.29. The average Bonchev–Trinajstić information content (AvgIpc) is 2.35. The van der Waals surface area contributed by atoms with E-state index in [1.807, 2.05) is 6.08 Å². The number of nitrogens with two attached hydrogens (primary N) is 1. The van der Waals surface area contributed by atoms with Crippen molar-refractivity contribution in [2.75, 3.05) is 18.0 Å². The first-order valence-electron chi connectivity index (χ1n) is 5.94. The van der Waals surface area contributed by atoms with Gasteiger partial charge < -0.3 is 10.6 Å². The van der Waals surface area contributed by atoms with Gasteiger partial charge in [0.05, 0.1) is 0 Å². The van der Waals surface area contributed by atoms with Crippen molar-refractivity contribution in [2.24, 2.45) is 5.73 Å². The summed E-state index contributed by atoms with van der Waals surface area (Å²) in [5.74, 6) is 0. The zero-order chi connectivity index (χ0) is 12.0. The van der Waals surface area contributed by atoms with Crippen LogP contribution < -0.4 is 10.6 Å². The first-order valence-corrected chi connectivity index (χ1v) is 5.94. The Balaban J connectivity index is 3.05. The van der Waals surface area contributed by atoms with E-state index in [-0.39, 0.29) is 6.04 Å². The van der Waals surface area contributed by atoms with Crippen LogP contribution >= 0.6 is 0 Å². The number of para-hydroxylation sites is 1. The lowest BCUT2D eigenvalue weighted by Crippen LogP contribution is -2.25. The SMILES string of the molecule is C=CCN(CC)c1ccccc1[C@H](N)CC. The van der Waals surface area contributed by atoms with Gasteiger partial charge in [-0.25, -0.2) is 0 Å². The minimum Gasteiger partial charge on any atom is -0.368 e. The Labute approximate surface area is 98.8 Å². The molecule has 0 bridgehead atoms. The third kappa shape index (κ3) is 2.86. The lowest BCUT2D eigenvalue weighted by molar-refractivity contribution is 0.693. The summed E-state index contributed by atoms with van der Waals surface area (Å²) in [6, 6.07) is 8.49. The summed E-state index contributed by atoms with van der Waals surface area (Å²) in [7, 11) is 0. The van der Waals surface area contributed by atoms with E-state index in [1.54, 1.807) is 0 Å². The number of nitrogens with zero attached hydrogens (tertiary/aromatic N) is 1. The Morgan fingerprint density at radius 3 is 2.62 bits per heavy atom. The minimum absolute atomic E-state index is 0.120. The lowest BCUT2D eigenvalue weighted by Gasteiger charge is -2.26. The summed E-state index contributed by atoms with van der Waals surface area (Å²) < 4.78 is 0. The predicted molar refractivity (Wildman–Crippen MR) is 71.7 cm³/mol. The monoisotopic (exact) mass is 218 g/mol. The van der Waals surface area contributed by atoms with E-state index in [2.05, 4.69) is 49.6 Å². The van der Waals surface area contributed by atoms with Gasteiger partial charge in [-0.2, -0.15) is 0 Å². The summed E-state index contributed by atoms with van der Waals surface area (Å²) in [5.41, 5.74) is 8.60. The average molecular weight is 218 g/mol. The van der Waals surface area contributed by atoms with Gasteiger partial charge in [-0.3, -0.25) is 0 Å². The topological polar surface area (TPSA) is 29.3 Å². The molecule has 0 fully saturated rings. The molecule has 0 aliphatic rings. The van der Waals surface area contributed by atoms with Crippen LogP contribution in [0.1, 0.15) is 31.9 Å². The molecule has 1 aromatic rings. The number of hydrogen-bond donors (Lipinski definition) is 1. The highest BCUT2D eigenvalue weighted by Gasteiger charge is 2.12. The number of hydrogen-bond acceptors (Lipinski definition) is 2. The molecular weight excluding hydrogens is 196 g/mol. The zero-order valence-corrected chi connectivity index (χ0v) is 10.3. The summed E-state index contributed by atoms with van der Waals surface area (Å²) >= 11 is 0. The Kier molecular flexibility index (Phi) is 5.06. The molecule has 0 unspecified atom stereocenters. The van der Waals surface area contributed by atoms with E-state index < -0.39 is 0 Å². The summed E-state index contributed by atoms with van der Waals surface area (Å²) in [6.45, 7) is 9.90. The van der Waals surface area contributed by atoms with Crippen LogP contribution in [-0.2, 0) is 0 Å². The maximum Gasteiger partial charge on any atom is 0.0417 e. The Hall–Kier alpha value is -1.28. The fourth-order valence-electron chi connectivity index (χ4n) is 1.86. The molecule has 0 aliphatic heterocycles. The summed E-state index contributed by atoms with van der Waals surface area (Å²) in [6.07, 6.45) is 2.89. The van der Waals surface area contributed by atoms with Gasteiger partial charge in [0, 0.05) is 24.8 Å².